The first kappa shape index (κ1) is 22.5. The van der Waals surface area contributed by atoms with Crippen molar-refractivity contribution in [3.05, 3.63) is 22.5 Å². The molecular formula is C20H26N2O6S. The average Bonchev–Trinajstić information content (AvgIpc) is 3.08. The summed E-state index contributed by atoms with van der Waals surface area (Å²) in [5.41, 5.74) is 0.862. The molecule has 9 heteroatoms. The van der Waals surface area contributed by atoms with Crippen LogP contribution in [0.5, 0.6) is 17.2 Å². The van der Waals surface area contributed by atoms with Crippen molar-refractivity contribution in [3.63, 3.8) is 0 Å². The van der Waals surface area contributed by atoms with Gasteiger partial charge in [0.2, 0.25) is 5.75 Å². The van der Waals surface area contributed by atoms with Gasteiger partial charge in [-0.1, -0.05) is 0 Å². The van der Waals surface area contributed by atoms with E-state index in [0.717, 1.165) is 10.6 Å². The van der Waals surface area contributed by atoms with Crippen molar-refractivity contribution in [2.45, 2.75) is 39.8 Å². The van der Waals surface area contributed by atoms with E-state index in [1.165, 1.54) is 37.4 Å². The summed E-state index contributed by atoms with van der Waals surface area (Å²) in [6.45, 7) is 7.08. The fourth-order valence-electron chi connectivity index (χ4n) is 2.40. The van der Waals surface area contributed by atoms with Crippen molar-refractivity contribution < 1.29 is 28.5 Å². The number of thiazole rings is 1. The molecular weight excluding hydrogens is 396 g/mol. The lowest BCUT2D eigenvalue weighted by Gasteiger charge is -2.24. The molecule has 0 saturated carbocycles. The number of esters is 1. The lowest BCUT2D eigenvalue weighted by molar-refractivity contribution is -0.132. The molecule has 2 aromatic rings. The third kappa shape index (κ3) is 6.08. The maximum absolute atomic E-state index is 12.1. The van der Waals surface area contributed by atoms with Crippen LogP contribution in [0.2, 0.25) is 0 Å². The molecule has 1 heterocycles. The predicted octanol–water partition coefficient (Wildman–Crippen LogP) is 4.12. The van der Waals surface area contributed by atoms with Gasteiger partial charge in [0, 0.05) is 24.9 Å². The Kier molecular flexibility index (Phi) is 7.07. The highest BCUT2D eigenvalue weighted by Gasteiger charge is 2.21. The van der Waals surface area contributed by atoms with E-state index in [1.54, 1.807) is 19.2 Å². The van der Waals surface area contributed by atoms with Crippen molar-refractivity contribution in [2.75, 3.05) is 21.3 Å². The summed E-state index contributed by atoms with van der Waals surface area (Å²) in [6, 6.07) is 3.44. The normalized spacial score (nSPS) is 11.0. The van der Waals surface area contributed by atoms with E-state index in [0.29, 0.717) is 23.7 Å². The Morgan fingerprint density at radius 1 is 1.14 bits per heavy atom. The fourth-order valence-corrected chi connectivity index (χ4v) is 3.25. The average molecular weight is 423 g/mol. The molecule has 0 unspecified atom stereocenters. The molecule has 0 radical (unpaired) electrons. The number of rotatable bonds is 6. The molecule has 0 N–H and O–H groups in total. The van der Waals surface area contributed by atoms with Gasteiger partial charge >= 0.3 is 12.1 Å². The van der Waals surface area contributed by atoms with Crippen molar-refractivity contribution >= 4 is 23.4 Å². The third-order valence-corrected chi connectivity index (χ3v) is 4.47. The van der Waals surface area contributed by atoms with Crippen LogP contribution >= 0.6 is 11.3 Å². The molecule has 8 nitrogen and oxygen atoms in total. The van der Waals surface area contributed by atoms with Gasteiger partial charge in [0.25, 0.3) is 0 Å². The number of carbonyl (C=O) groups excluding carboxylic acids is 2. The SMILES string of the molecule is COc1cc(-c2csc(CN(C)C(=O)OC(C)(C)C)n2)cc(OC)c1OC(C)=O. The van der Waals surface area contributed by atoms with Gasteiger partial charge < -0.3 is 23.8 Å². The van der Waals surface area contributed by atoms with Gasteiger partial charge in [0.15, 0.2) is 11.5 Å². The monoisotopic (exact) mass is 422 g/mol. The second kappa shape index (κ2) is 9.13. The predicted molar refractivity (Wildman–Crippen MR) is 110 cm³/mol. The number of ether oxygens (including phenoxy) is 4. The minimum absolute atomic E-state index is 0.214. The first-order chi connectivity index (χ1) is 13.5. The number of amides is 1. The minimum Gasteiger partial charge on any atom is -0.493 e. The maximum atomic E-state index is 12.1. The molecule has 0 bridgehead atoms. The second-order valence-electron chi connectivity index (χ2n) is 7.27. The van der Waals surface area contributed by atoms with Gasteiger partial charge in [-0.2, -0.15) is 0 Å². The van der Waals surface area contributed by atoms with E-state index >= 15 is 0 Å². The highest BCUT2D eigenvalue weighted by atomic mass is 32.1. The molecule has 2 rings (SSSR count). The molecule has 1 aromatic heterocycles. The molecule has 0 fully saturated rings. The van der Waals surface area contributed by atoms with Crippen LogP contribution in [0.25, 0.3) is 11.3 Å². The topological polar surface area (TPSA) is 87.2 Å². The number of methoxy groups -OCH3 is 2. The number of benzene rings is 1. The molecule has 0 saturated heterocycles. The quantitative estimate of drug-likeness (QED) is 0.511. The van der Waals surface area contributed by atoms with Gasteiger partial charge in [-0.05, 0) is 32.9 Å². The summed E-state index contributed by atoms with van der Waals surface area (Å²) >= 11 is 1.42. The Hall–Kier alpha value is -2.81. The van der Waals surface area contributed by atoms with Gasteiger partial charge in [0.1, 0.15) is 10.6 Å². The molecule has 1 amide bonds. The minimum atomic E-state index is -0.559. The second-order valence-corrected chi connectivity index (χ2v) is 8.21. The van der Waals surface area contributed by atoms with Crippen LogP contribution in [0, 0.1) is 0 Å². The third-order valence-electron chi connectivity index (χ3n) is 3.63. The summed E-state index contributed by atoms with van der Waals surface area (Å²) in [5.74, 6) is 0.451. The zero-order chi connectivity index (χ0) is 21.8. The zero-order valence-electron chi connectivity index (χ0n) is 17.7. The molecule has 0 aliphatic rings. The standard InChI is InChI=1S/C20H26N2O6S/c1-12(23)27-18-15(25-6)8-13(9-16(18)26-7)14-11-29-17(21-14)10-22(5)19(24)28-20(2,3)4/h8-9,11H,10H2,1-7H3. The van der Waals surface area contributed by atoms with Crippen LogP contribution in [0.4, 0.5) is 4.79 Å². The Balaban J connectivity index is 2.25. The molecule has 158 valence electrons. The summed E-state index contributed by atoms with van der Waals surface area (Å²) in [7, 11) is 4.62. The number of carbonyl (C=O) groups is 2. The summed E-state index contributed by atoms with van der Waals surface area (Å²) < 4.78 is 21.3. The van der Waals surface area contributed by atoms with Crippen molar-refractivity contribution in [1.29, 1.82) is 0 Å². The zero-order valence-corrected chi connectivity index (χ0v) is 18.5. The number of hydrogen-bond donors (Lipinski definition) is 0. The highest BCUT2D eigenvalue weighted by molar-refractivity contribution is 7.09. The fraction of sp³-hybridized carbons (Fsp3) is 0.450. The highest BCUT2D eigenvalue weighted by Crippen LogP contribution is 2.41. The molecule has 0 aliphatic heterocycles. The van der Waals surface area contributed by atoms with E-state index in [9.17, 15) is 9.59 Å². The van der Waals surface area contributed by atoms with Gasteiger partial charge in [-0.15, -0.1) is 11.3 Å². The molecule has 0 aliphatic carbocycles. The van der Waals surface area contributed by atoms with Crippen molar-refractivity contribution in [3.8, 4) is 28.5 Å². The van der Waals surface area contributed by atoms with E-state index < -0.39 is 17.7 Å². The molecule has 0 atom stereocenters. The molecule has 1 aromatic carbocycles. The van der Waals surface area contributed by atoms with E-state index in [2.05, 4.69) is 4.98 Å². The van der Waals surface area contributed by atoms with Gasteiger partial charge in [-0.3, -0.25) is 4.79 Å². The van der Waals surface area contributed by atoms with Crippen LogP contribution in [-0.4, -0.2) is 48.8 Å². The summed E-state index contributed by atoms with van der Waals surface area (Å²) in [4.78, 5) is 29.6. The van der Waals surface area contributed by atoms with Crippen molar-refractivity contribution in [2.24, 2.45) is 0 Å². The lowest BCUT2D eigenvalue weighted by atomic mass is 10.1. The van der Waals surface area contributed by atoms with Crippen LogP contribution < -0.4 is 14.2 Å². The van der Waals surface area contributed by atoms with Crippen LogP contribution in [0.1, 0.15) is 32.7 Å². The molecule has 29 heavy (non-hydrogen) atoms. The van der Waals surface area contributed by atoms with Crippen LogP contribution in [0.15, 0.2) is 17.5 Å². The first-order valence-corrected chi connectivity index (χ1v) is 9.75. The van der Waals surface area contributed by atoms with E-state index in [1.807, 2.05) is 26.2 Å². The Bertz CT molecular complexity index is 862. The van der Waals surface area contributed by atoms with E-state index in [-0.39, 0.29) is 5.75 Å². The summed E-state index contributed by atoms with van der Waals surface area (Å²) in [6.07, 6.45) is -0.414. The number of nitrogens with zero attached hydrogens (tertiary/aromatic N) is 2. The van der Waals surface area contributed by atoms with Crippen LogP contribution in [-0.2, 0) is 16.1 Å². The lowest BCUT2D eigenvalue weighted by Crippen LogP contribution is -2.33. The summed E-state index contributed by atoms with van der Waals surface area (Å²) in [5, 5.41) is 2.62. The Morgan fingerprint density at radius 3 is 2.21 bits per heavy atom. The van der Waals surface area contributed by atoms with Gasteiger partial charge in [-0.25, -0.2) is 9.78 Å². The van der Waals surface area contributed by atoms with Crippen molar-refractivity contribution in [1.82, 2.24) is 9.88 Å². The largest absolute Gasteiger partial charge is 0.493 e. The number of hydrogen-bond acceptors (Lipinski definition) is 8. The smallest absolute Gasteiger partial charge is 0.410 e. The van der Waals surface area contributed by atoms with Crippen LogP contribution in [0.3, 0.4) is 0 Å². The first-order valence-electron chi connectivity index (χ1n) is 8.87. The molecule has 0 spiro atoms. The Morgan fingerprint density at radius 2 is 1.72 bits per heavy atom. The number of aromatic nitrogens is 1. The maximum Gasteiger partial charge on any atom is 0.410 e. The van der Waals surface area contributed by atoms with Gasteiger partial charge in [0.05, 0.1) is 26.5 Å². The van der Waals surface area contributed by atoms with E-state index in [4.69, 9.17) is 18.9 Å². The Labute approximate surface area is 174 Å².